The van der Waals surface area contributed by atoms with E-state index in [4.69, 9.17) is 27.9 Å². The molecule has 0 bridgehead atoms. The van der Waals surface area contributed by atoms with E-state index in [1.54, 1.807) is 35.7 Å². The Kier molecular flexibility index (Phi) is 8.66. The third-order valence-corrected chi connectivity index (χ3v) is 13.0. The molecule has 16 heteroatoms. The Morgan fingerprint density at radius 2 is 1.52 bits per heavy atom. The summed E-state index contributed by atoms with van der Waals surface area (Å²) < 4.78 is 79.6. The van der Waals surface area contributed by atoms with Gasteiger partial charge in [-0.05, 0) is 41.8 Å². The van der Waals surface area contributed by atoms with Gasteiger partial charge in [-0.3, -0.25) is 24.1 Å². The molecule has 3 fully saturated rings. The standard InChI is InChI=1S/C38H25Cl2F5N2O6S/c39-37-14-23-20(10-11-22-25(23)34(50)46(33(22)49)15-19-7-4-12-54-19)26(21-9-8-18(13-24(21)48)53-16-17-5-2-1-3-6-17)38(37,40)36(52)47(35(37)51)32-30(44)28(42)27(41)29(43)31(32)45/h1-10,12-13,22-23,25-26,48H,11,14-16H2/t22-,23+,25-,26+,37+,38-/m0/s1. The van der Waals surface area contributed by atoms with E-state index in [2.05, 4.69) is 0 Å². The summed E-state index contributed by atoms with van der Waals surface area (Å²) in [4.78, 5) is 52.8. The van der Waals surface area contributed by atoms with E-state index in [1.807, 2.05) is 18.2 Å². The first-order valence-corrected chi connectivity index (χ1v) is 18.2. The van der Waals surface area contributed by atoms with Crippen molar-refractivity contribution in [3.63, 3.8) is 0 Å². The number of nitrogens with zero attached hydrogens (tertiary/aromatic N) is 2. The molecular weight excluding hydrogens is 778 g/mol. The second-order valence-electron chi connectivity index (χ2n) is 13.5. The molecular formula is C38H25Cl2F5N2O6S. The average molecular weight is 804 g/mol. The number of phenolic OH excluding ortho intramolecular Hbond substituents is 1. The van der Waals surface area contributed by atoms with Gasteiger partial charge in [0.1, 0.15) is 23.8 Å². The summed E-state index contributed by atoms with van der Waals surface area (Å²) in [6.45, 7) is 0.0709. The number of rotatable bonds is 7. The Morgan fingerprint density at radius 3 is 2.17 bits per heavy atom. The van der Waals surface area contributed by atoms with Crippen LogP contribution in [0.25, 0.3) is 0 Å². The molecule has 1 N–H and O–H groups in total. The number of alkyl halides is 2. The second-order valence-corrected chi connectivity index (χ2v) is 15.8. The van der Waals surface area contributed by atoms with Crippen LogP contribution in [0.15, 0.2) is 77.7 Å². The Labute approximate surface area is 317 Å². The number of anilines is 1. The Bertz CT molecular complexity index is 2280. The van der Waals surface area contributed by atoms with Crippen LogP contribution in [0.4, 0.5) is 27.6 Å². The van der Waals surface area contributed by atoms with Gasteiger partial charge in [-0.25, -0.2) is 26.9 Å². The molecule has 2 aliphatic carbocycles. The molecule has 4 aliphatic rings. The number of hydrogen-bond acceptors (Lipinski definition) is 7. The van der Waals surface area contributed by atoms with Crippen LogP contribution >= 0.6 is 34.5 Å². The van der Waals surface area contributed by atoms with E-state index in [-0.39, 0.29) is 41.4 Å². The zero-order valence-electron chi connectivity index (χ0n) is 27.5. The van der Waals surface area contributed by atoms with E-state index in [0.29, 0.717) is 4.88 Å². The van der Waals surface area contributed by atoms with Crippen LogP contribution in [0.2, 0.25) is 0 Å². The summed E-state index contributed by atoms with van der Waals surface area (Å²) in [5.74, 6) is -21.8. The fourth-order valence-electron chi connectivity index (χ4n) is 8.29. The normalized spacial score (nSPS) is 27.6. The van der Waals surface area contributed by atoms with Gasteiger partial charge >= 0.3 is 0 Å². The fraction of sp³-hybridized carbons (Fsp3) is 0.263. The van der Waals surface area contributed by atoms with Gasteiger partial charge in [0.15, 0.2) is 33.0 Å². The number of carbonyl (C=O) groups is 4. The van der Waals surface area contributed by atoms with Crippen molar-refractivity contribution >= 4 is 63.9 Å². The zero-order chi connectivity index (χ0) is 38.4. The maximum atomic E-state index is 15.3. The predicted octanol–water partition coefficient (Wildman–Crippen LogP) is 7.49. The monoisotopic (exact) mass is 802 g/mol. The molecule has 8 nitrogen and oxygen atoms in total. The lowest BCUT2D eigenvalue weighted by molar-refractivity contribution is -0.141. The largest absolute Gasteiger partial charge is 0.508 e. The SMILES string of the molecule is O=C1[C@H]2[C@H](CC=C3[C@H]2C[C@@]2(Cl)C(=O)N(c4c(F)c(F)c(F)c(F)c4F)C(=O)[C@@]2(Cl)[C@H]3c2ccc(OCc3ccccc3)cc2O)C(=O)N1Cc1cccs1. The summed E-state index contributed by atoms with van der Waals surface area (Å²) >= 11 is 15.7. The molecule has 54 heavy (non-hydrogen) atoms. The van der Waals surface area contributed by atoms with Gasteiger partial charge in [0.05, 0.1) is 18.4 Å². The molecule has 0 unspecified atom stereocenters. The number of thiophene rings is 1. The Morgan fingerprint density at radius 1 is 0.833 bits per heavy atom. The van der Waals surface area contributed by atoms with Gasteiger partial charge in [-0.15, -0.1) is 34.5 Å². The van der Waals surface area contributed by atoms with E-state index in [9.17, 15) is 37.5 Å². The van der Waals surface area contributed by atoms with E-state index in [0.717, 1.165) is 10.5 Å². The van der Waals surface area contributed by atoms with Crippen molar-refractivity contribution in [3.05, 3.63) is 123 Å². The minimum absolute atomic E-state index is 0.0245. The molecule has 3 aromatic carbocycles. The summed E-state index contributed by atoms with van der Waals surface area (Å²) in [5, 5.41) is 13.3. The maximum Gasteiger partial charge on any atom is 0.258 e. The zero-order valence-corrected chi connectivity index (χ0v) is 29.8. The third-order valence-electron chi connectivity index (χ3n) is 10.8. The number of fused-ring (bicyclic) bond motifs is 4. The molecule has 1 saturated carbocycles. The van der Waals surface area contributed by atoms with Gasteiger partial charge in [-0.2, -0.15) is 0 Å². The number of carbonyl (C=O) groups excluding carboxylic acids is 4. The van der Waals surface area contributed by atoms with Gasteiger partial charge < -0.3 is 9.84 Å². The molecule has 3 heterocycles. The van der Waals surface area contributed by atoms with E-state index < -0.39 is 104 Å². The van der Waals surface area contributed by atoms with Crippen molar-refractivity contribution in [2.75, 3.05) is 4.90 Å². The van der Waals surface area contributed by atoms with E-state index >= 15 is 8.78 Å². The number of phenols is 1. The number of likely N-dealkylation sites (tertiary alicyclic amines) is 1. The lowest BCUT2D eigenvalue weighted by Gasteiger charge is -2.50. The number of amides is 4. The first-order valence-electron chi connectivity index (χ1n) is 16.6. The molecule has 2 saturated heterocycles. The van der Waals surface area contributed by atoms with Gasteiger partial charge in [0.25, 0.3) is 11.8 Å². The molecule has 4 aromatic rings. The van der Waals surface area contributed by atoms with Gasteiger partial charge in [0.2, 0.25) is 17.6 Å². The number of aromatic hydroxyl groups is 1. The molecule has 1 aromatic heterocycles. The van der Waals surface area contributed by atoms with Crippen molar-refractivity contribution in [3.8, 4) is 11.5 Å². The van der Waals surface area contributed by atoms with Crippen molar-refractivity contribution in [2.24, 2.45) is 17.8 Å². The number of halogens is 7. The van der Waals surface area contributed by atoms with Crippen LogP contribution in [0.1, 0.15) is 34.8 Å². The summed E-state index contributed by atoms with van der Waals surface area (Å²) in [6, 6.07) is 16.5. The van der Waals surface area contributed by atoms with Gasteiger partial charge in [0, 0.05) is 22.4 Å². The second kappa shape index (κ2) is 12.9. The molecule has 8 rings (SSSR count). The summed E-state index contributed by atoms with van der Waals surface area (Å²) in [7, 11) is 0. The molecule has 278 valence electrons. The fourth-order valence-corrected chi connectivity index (χ4v) is 9.91. The topological polar surface area (TPSA) is 104 Å². The minimum Gasteiger partial charge on any atom is -0.508 e. The highest BCUT2D eigenvalue weighted by molar-refractivity contribution is 7.09. The highest BCUT2D eigenvalue weighted by Crippen LogP contribution is 2.66. The lowest BCUT2D eigenvalue weighted by atomic mass is 9.56. The van der Waals surface area contributed by atoms with Crippen molar-refractivity contribution in [1.82, 2.24) is 4.90 Å². The van der Waals surface area contributed by atoms with Crippen molar-refractivity contribution < 1.29 is 51.0 Å². The molecule has 0 radical (unpaired) electrons. The Balaban J connectivity index is 1.27. The number of ether oxygens (including phenoxy) is 1. The quantitative estimate of drug-likeness (QED) is 0.0519. The number of imide groups is 2. The molecule has 6 atom stereocenters. The van der Waals surface area contributed by atoms with Crippen LogP contribution in [0.5, 0.6) is 11.5 Å². The minimum atomic E-state index is -2.77. The number of hydrogen-bond donors (Lipinski definition) is 1. The summed E-state index contributed by atoms with van der Waals surface area (Å²) in [5.41, 5.74) is -0.982. The number of allylic oxidation sites excluding steroid dienone is 2. The van der Waals surface area contributed by atoms with Crippen LogP contribution in [-0.2, 0) is 32.3 Å². The van der Waals surface area contributed by atoms with Crippen LogP contribution in [-0.4, -0.2) is 43.4 Å². The number of benzene rings is 3. The average Bonchev–Trinajstić information content (AvgIpc) is 3.81. The predicted molar refractivity (Wildman–Crippen MR) is 185 cm³/mol. The first kappa shape index (κ1) is 36.2. The van der Waals surface area contributed by atoms with Crippen molar-refractivity contribution in [1.29, 1.82) is 0 Å². The first-order chi connectivity index (χ1) is 25.7. The van der Waals surface area contributed by atoms with Crippen molar-refractivity contribution in [2.45, 2.75) is 41.7 Å². The molecule has 2 aliphatic heterocycles. The van der Waals surface area contributed by atoms with Gasteiger partial charge in [-0.1, -0.05) is 54.1 Å². The smallest absolute Gasteiger partial charge is 0.258 e. The molecule has 0 spiro atoms. The Hall–Kier alpha value is -4.79. The highest BCUT2D eigenvalue weighted by Gasteiger charge is 2.77. The summed E-state index contributed by atoms with van der Waals surface area (Å²) in [6.07, 6.45) is 0.890. The third kappa shape index (κ3) is 5.06. The molecule has 4 amide bonds. The van der Waals surface area contributed by atoms with E-state index in [1.165, 1.54) is 29.5 Å². The van der Waals surface area contributed by atoms with Crippen LogP contribution < -0.4 is 9.64 Å². The van der Waals surface area contributed by atoms with Crippen LogP contribution in [0.3, 0.4) is 0 Å². The highest BCUT2D eigenvalue weighted by atomic mass is 35.5. The van der Waals surface area contributed by atoms with Crippen LogP contribution in [0, 0.1) is 46.8 Å². The maximum absolute atomic E-state index is 15.3. The lowest BCUT2D eigenvalue weighted by Crippen LogP contribution is -2.60.